The molecule has 6 heteroatoms. The van der Waals surface area contributed by atoms with Crippen molar-refractivity contribution in [3.05, 3.63) is 24.3 Å². The first-order chi connectivity index (χ1) is 10.6. The Morgan fingerprint density at radius 3 is 2.86 bits per heavy atom. The van der Waals surface area contributed by atoms with Crippen molar-refractivity contribution in [1.29, 1.82) is 0 Å². The van der Waals surface area contributed by atoms with Crippen LogP contribution in [0.25, 0.3) is 0 Å². The minimum Gasteiger partial charge on any atom is -0.334 e. The third-order valence-corrected chi connectivity index (χ3v) is 6.07. The number of hydrogen-bond acceptors (Lipinski definition) is 3. The molecule has 0 spiro atoms. The van der Waals surface area contributed by atoms with E-state index in [1.165, 1.54) is 19.3 Å². The van der Waals surface area contributed by atoms with E-state index in [2.05, 4.69) is 17.6 Å². The van der Waals surface area contributed by atoms with E-state index in [0.29, 0.717) is 10.9 Å². The van der Waals surface area contributed by atoms with Crippen LogP contribution in [0.15, 0.2) is 29.2 Å². The minimum absolute atomic E-state index is 0.173. The maximum atomic E-state index is 12.2. The third kappa shape index (κ3) is 5.02. The Hall–Kier alpha value is -1.01. The standard InChI is InChI=1S/C16H24N2O2S2/c1-3-21-15-10-5-4-9-14(15)18-16(19)17-12-7-6-8-13(11-12)22(2)20/h6-8,11,14-15H,3-5,9-10H2,1-2H3,(H2,17,18,19)/t14-,15-,22-/m0/s1. The third-order valence-electron chi connectivity index (χ3n) is 3.82. The van der Waals surface area contributed by atoms with Crippen molar-refractivity contribution < 1.29 is 9.00 Å². The van der Waals surface area contributed by atoms with Gasteiger partial charge < -0.3 is 10.6 Å². The van der Waals surface area contributed by atoms with E-state index < -0.39 is 10.8 Å². The number of carbonyl (C=O) groups is 1. The lowest BCUT2D eigenvalue weighted by molar-refractivity contribution is 0.245. The highest BCUT2D eigenvalue weighted by atomic mass is 32.2. The molecule has 0 aromatic heterocycles. The van der Waals surface area contributed by atoms with Gasteiger partial charge >= 0.3 is 6.03 Å². The van der Waals surface area contributed by atoms with Crippen molar-refractivity contribution in [1.82, 2.24) is 5.32 Å². The van der Waals surface area contributed by atoms with Crippen LogP contribution in [0.4, 0.5) is 10.5 Å². The zero-order valence-corrected chi connectivity index (χ0v) is 14.8. The van der Waals surface area contributed by atoms with Crippen molar-refractivity contribution >= 4 is 34.3 Å². The van der Waals surface area contributed by atoms with Crippen LogP contribution in [0.3, 0.4) is 0 Å². The molecule has 0 heterocycles. The lowest BCUT2D eigenvalue weighted by Gasteiger charge is -2.31. The zero-order chi connectivity index (χ0) is 15.9. The summed E-state index contributed by atoms with van der Waals surface area (Å²) in [5.41, 5.74) is 0.681. The van der Waals surface area contributed by atoms with Crippen LogP contribution in [-0.4, -0.2) is 33.5 Å². The first kappa shape index (κ1) is 17.3. The minimum atomic E-state index is -1.04. The molecule has 0 saturated heterocycles. The lowest BCUT2D eigenvalue weighted by atomic mass is 9.95. The fraction of sp³-hybridized carbons (Fsp3) is 0.562. The van der Waals surface area contributed by atoms with Gasteiger partial charge in [-0.2, -0.15) is 11.8 Å². The van der Waals surface area contributed by atoms with Gasteiger partial charge in [-0.3, -0.25) is 4.21 Å². The van der Waals surface area contributed by atoms with Crippen LogP contribution < -0.4 is 10.6 Å². The average molecular weight is 341 g/mol. The second-order valence-corrected chi connectivity index (χ2v) is 8.36. The van der Waals surface area contributed by atoms with Gasteiger partial charge in [-0.05, 0) is 36.8 Å². The Labute approximate surface area is 139 Å². The molecule has 0 unspecified atom stereocenters. The molecule has 3 atom stereocenters. The monoisotopic (exact) mass is 340 g/mol. The first-order valence-corrected chi connectivity index (χ1v) is 10.3. The van der Waals surface area contributed by atoms with E-state index in [1.807, 2.05) is 23.9 Å². The molecular formula is C16H24N2O2S2. The Kier molecular flexibility index (Phi) is 6.76. The fourth-order valence-corrected chi connectivity index (χ4v) is 4.52. The normalized spacial score (nSPS) is 22.8. The van der Waals surface area contributed by atoms with Crippen molar-refractivity contribution in [2.24, 2.45) is 0 Å². The van der Waals surface area contributed by atoms with Gasteiger partial charge in [0.1, 0.15) is 0 Å². The Bertz CT molecular complexity index is 535. The second-order valence-electron chi connectivity index (χ2n) is 5.47. The molecule has 0 aliphatic heterocycles. The molecule has 0 bridgehead atoms. The van der Waals surface area contributed by atoms with E-state index in [4.69, 9.17) is 0 Å². The van der Waals surface area contributed by atoms with Crippen LogP contribution in [0.1, 0.15) is 32.6 Å². The summed E-state index contributed by atoms with van der Waals surface area (Å²) >= 11 is 1.93. The predicted octanol–water partition coefficient (Wildman–Crippen LogP) is 3.61. The molecular weight excluding hydrogens is 316 g/mol. The average Bonchev–Trinajstić information content (AvgIpc) is 2.49. The summed E-state index contributed by atoms with van der Waals surface area (Å²) in [6, 6.07) is 7.25. The van der Waals surface area contributed by atoms with Crippen LogP contribution in [0, 0.1) is 0 Å². The molecule has 1 aromatic rings. The van der Waals surface area contributed by atoms with E-state index in [0.717, 1.165) is 17.1 Å². The van der Waals surface area contributed by atoms with E-state index >= 15 is 0 Å². The van der Waals surface area contributed by atoms with Crippen molar-refractivity contribution in [3.63, 3.8) is 0 Å². The summed E-state index contributed by atoms with van der Waals surface area (Å²) in [5.74, 6) is 1.08. The van der Waals surface area contributed by atoms with Gasteiger partial charge in [0.15, 0.2) is 0 Å². The largest absolute Gasteiger partial charge is 0.334 e. The summed E-state index contributed by atoms with van der Waals surface area (Å²) in [6.07, 6.45) is 6.28. The topological polar surface area (TPSA) is 58.2 Å². The number of anilines is 1. The zero-order valence-electron chi connectivity index (χ0n) is 13.1. The molecule has 2 rings (SSSR count). The fourth-order valence-electron chi connectivity index (χ4n) is 2.76. The molecule has 0 radical (unpaired) electrons. The van der Waals surface area contributed by atoms with E-state index in [1.54, 1.807) is 18.4 Å². The van der Waals surface area contributed by atoms with Crippen molar-refractivity contribution in [3.8, 4) is 0 Å². The van der Waals surface area contributed by atoms with E-state index in [9.17, 15) is 9.00 Å². The number of carbonyl (C=O) groups excluding carboxylic acids is 1. The molecule has 2 amide bonds. The van der Waals surface area contributed by atoms with Crippen molar-refractivity contribution in [2.75, 3.05) is 17.3 Å². The maximum Gasteiger partial charge on any atom is 0.319 e. The molecule has 4 nitrogen and oxygen atoms in total. The molecule has 1 saturated carbocycles. The number of hydrogen-bond donors (Lipinski definition) is 2. The summed E-state index contributed by atoms with van der Waals surface area (Å²) in [6.45, 7) is 2.16. The van der Waals surface area contributed by atoms with Gasteiger partial charge in [-0.15, -0.1) is 0 Å². The molecule has 22 heavy (non-hydrogen) atoms. The number of thioether (sulfide) groups is 1. The van der Waals surface area contributed by atoms with Crippen LogP contribution >= 0.6 is 11.8 Å². The highest BCUT2D eigenvalue weighted by Crippen LogP contribution is 2.28. The SMILES string of the molecule is CCS[C@H]1CCCC[C@@H]1NC(=O)Nc1cccc([S@](C)=O)c1. The molecule has 2 N–H and O–H groups in total. The maximum absolute atomic E-state index is 12.2. The lowest BCUT2D eigenvalue weighted by Crippen LogP contribution is -2.45. The highest BCUT2D eigenvalue weighted by molar-refractivity contribution is 7.99. The van der Waals surface area contributed by atoms with Gasteiger partial charge in [0.05, 0.1) is 0 Å². The number of benzene rings is 1. The van der Waals surface area contributed by atoms with Crippen LogP contribution in [-0.2, 0) is 10.8 Å². The van der Waals surface area contributed by atoms with E-state index in [-0.39, 0.29) is 12.1 Å². The summed E-state index contributed by atoms with van der Waals surface area (Å²) in [5, 5.41) is 6.47. The second kappa shape index (κ2) is 8.58. The molecule has 1 aliphatic rings. The number of urea groups is 1. The molecule has 122 valence electrons. The first-order valence-electron chi connectivity index (χ1n) is 7.72. The van der Waals surface area contributed by atoms with Gasteiger partial charge in [-0.1, -0.05) is 25.8 Å². The van der Waals surface area contributed by atoms with Crippen LogP contribution in [0.2, 0.25) is 0 Å². The highest BCUT2D eigenvalue weighted by Gasteiger charge is 2.26. The molecule has 1 aliphatic carbocycles. The number of rotatable bonds is 5. The Balaban J connectivity index is 1.94. The Morgan fingerprint density at radius 2 is 2.14 bits per heavy atom. The van der Waals surface area contributed by atoms with Gasteiger partial charge in [-0.25, -0.2) is 4.79 Å². The van der Waals surface area contributed by atoms with Crippen molar-refractivity contribution in [2.45, 2.75) is 48.8 Å². The molecule has 1 fully saturated rings. The summed E-state index contributed by atoms with van der Waals surface area (Å²) in [4.78, 5) is 12.9. The van der Waals surface area contributed by atoms with Crippen LogP contribution in [0.5, 0.6) is 0 Å². The predicted molar refractivity (Wildman–Crippen MR) is 95.1 cm³/mol. The summed E-state index contributed by atoms with van der Waals surface area (Å²) in [7, 11) is -1.04. The Morgan fingerprint density at radius 1 is 1.36 bits per heavy atom. The number of amides is 2. The number of nitrogens with one attached hydrogen (secondary N) is 2. The summed E-state index contributed by atoms with van der Waals surface area (Å²) < 4.78 is 11.5. The van der Waals surface area contributed by atoms with Gasteiger partial charge in [0.25, 0.3) is 0 Å². The molecule has 1 aromatic carbocycles. The van der Waals surface area contributed by atoms with Gasteiger partial charge in [0, 0.05) is 38.9 Å². The van der Waals surface area contributed by atoms with Gasteiger partial charge in [0.2, 0.25) is 0 Å². The quantitative estimate of drug-likeness (QED) is 0.861. The smallest absolute Gasteiger partial charge is 0.319 e.